The van der Waals surface area contributed by atoms with Crippen LogP contribution in [0.5, 0.6) is 0 Å². The molecule has 2 aromatic rings. The largest absolute Gasteiger partial charge is 0.369 e. The Morgan fingerprint density at radius 3 is 2.32 bits per heavy atom. The first-order valence-corrected chi connectivity index (χ1v) is 8.32. The fraction of sp³-hybridized carbons (Fsp3) is 0.300. The number of carbonyl (C=O) groups is 2. The number of primary amides is 1. The molecule has 5 heteroatoms. The molecular formula is C20H24N2O3. The van der Waals surface area contributed by atoms with Crippen molar-refractivity contribution in [1.82, 2.24) is 5.48 Å². The standard InChI is InChI=1S/C20H24N2O3/c1-13(2)16-4-3-5-17(11-16)15-8-6-14(7-9-15)10-18(20(21)24)12-19(23)22-25/h3-9,11,13,18,25H,10,12H2,1-2H3,(H2,21,24)(H,22,23)/t18-/m1/s1. The molecule has 4 N–H and O–H groups in total. The minimum atomic E-state index is -0.651. The van der Waals surface area contributed by atoms with Crippen LogP contribution in [0.3, 0.4) is 0 Å². The van der Waals surface area contributed by atoms with Gasteiger partial charge in [-0.2, -0.15) is 0 Å². The van der Waals surface area contributed by atoms with Crippen molar-refractivity contribution < 1.29 is 14.8 Å². The Balaban J connectivity index is 2.15. The molecule has 132 valence electrons. The Labute approximate surface area is 147 Å². The number of amides is 2. The van der Waals surface area contributed by atoms with Gasteiger partial charge >= 0.3 is 0 Å². The Hall–Kier alpha value is -2.66. The summed E-state index contributed by atoms with van der Waals surface area (Å²) in [5.41, 5.74) is 11.3. The van der Waals surface area contributed by atoms with E-state index in [1.807, 2.05) is 24.3 Å². The van der Waals surface area contributed by atoms with E-state index in [0.29, 0.717) is 12.3 Å². The Bertz CT molecular complexity index is 739. The molecule has 0 heterocycles. The normalized spacial score (nSPS) is 12.0. The lowest BCUT2D eigenvalue weighted by atomic mass is 9.93. The molecular weight excluding hydrogens is 316 g/mol. The van der Waals surface area contributed by atoms with Gasteiger partial charge in [0.05, 0.1) is 5.92 Å². The lowest BCUT2D eigenvalue weighted by Crippen LogP contribution is -2.31. The van der Waals surface area contributed by atoms with Crippen LogP contribution < -0.4 is 11.2 Å². The number of nitrogens with one attached hydrogen (secondary N) is 1. The summed E-state index contributed by atoms with van der Waals surface area (Å²) in [4.78, 5) is 22.8. The third-order valence-electron chi connectivity index (χ3n) is 4.28. The van der Waals surface area contributed by atoms with Crippen LogP contribution in [0.4, 0.5) is 0 Å². The highest BCUT2D eigenvalue weighted by molar-refractivity contribution is 5.84. The Morgan fingerprint density at radius 1 is 1.08 bits per heavy atom. The smallest absolute Gasteiger partial charge is 0.244 e. The maximum atomic E-state index is 11.5. The van der Waals surface area contributed by atoms with E-state index in [1.54, 1.807) is 0 Å². The average molecular weight is 340 g/mol. The molecule has 0 saturated heterocycles. The molecule has 2 aromatic carbocycles. The van der Waals surface area contributed by atoms with E-state index in [-0.39, 0.29) is 6.42 Å². The molecule has 0 spiro atoms. The van der Waals surface area contributed by atoms with Gasteiger partial charge in [-0.15, -0.1) is 0 Å². The summed E-state index contributed by atoms with van der Waals surface area (Å²) in [6.07, 6.45) is 0.221. The number of hydrogen-bond donors (Lipinski definition) is 3. The molecule has 0 aliphatic rings. The summed E-state index contributed by atoms with van der Waals surface area (Å²) < 4.78 is 0. The van der Waals surface area contributed by atoms with Gasteiger partial charge in [-0.25, -0.2) is 5.48 Å². The SMILES string of the molecule is CC(C)c1cccc(-c2ccc(C[C@H](CC(=O)NO)C(N)=O)cc2)c1. The van der Waals surface area contributed by atoms with E-state index in [0.717, 1.165) is 16.7 Å². The number of nitrogens with two attached hydrogens (primary N) is 1. The highest BCUT2D eigenvalue weighted by atomic mass is 16.5. The molecule has 0 radical (unpaired) electrons. The highest BCUT2D eigenvalue weighted by Gasteiger charge is 2.19. The summed E-state index contributed by atoms with van der Waals surface area (Å²) in [6, 6.07) is 16.3. The van der Waals surface area contributed by atoms with Crippen molar-refractivity contribution in [2.75, 3.05) is 0 Å². The summed E-state index contributed by atoms with van der Waals surface area (Å²) in [5.74, 6) is -1.36. The molecule has 2 rings (SSSR count). The predicted octanol–water partition coefficient (Wildman–Crippen LogP) is 3.02. The molecule has 1 atom stereocenters. The zero-order chi connectivity index (χ0) is 18.4. The van der Waals surface area contributed by atoms with Crippen molar-refractivity contribution in [2.45, 2.75) is 32.6 Å². The van der Waals surface area contributed by atoms with Gasteiger partial charge in [-0.05, 0) is 34.6 Å². The van der Waals surface area contributed by atoms with E-state index in [4.69, 9.17) is 10.9 Å². The van der Waals surface area contributed by atoms with Crippen LogP contribution in [-0.4, -0.2) is 17.0 Å². The van der Waals surface area contributed by atoms with Gasteiger partial charge in [-0.1, -0.05) is 62.4 Å². The predicted molar refractivity (Wildman–Crippen MR) is 96.9 cm³/mol. The minimum Gasteiger partial charge on any atom is -0.369 e. The van der Waals surface area contributed by atoms with Gasteiger partial charge in [-0.3, -0.25) is 14.8 Å². The molecule has 0 aromatic heterocycles. The molecule has 25 heavy (non-hydrogen) atoms. The fourth-order valence-electron chi connectivity index (χ4n) is 2.74. The summed E-state index contributed by atoms with van der Waals surface area (Å²) in [7, 11) is 0. The quantitative estimate of drug-likeness (QED) is 0.534. The molecule has 0 aliphatic carbocycles. The Morgan fingerprint density at radius 2 is 1.76 bits per heavy atom. The van der Waals surface area contributed by atoms with Gasteiger partial charge in [0.2, 0.25) is 11.8 Å². The van der Waals surface area contributed by atoms with Crippen LogP contribution in [0, 0.1) is 5.92 Å². The van der Waals surface area contributed by atoms with Crippen molar-refractivity contribution in [3.63, 3.8) is 0 Å². The first kappa shape index (κ1) is 18.7. The van der Waals surface area contributed by atoms with E-state index in [1.165, 1.54) is 11.0 Å². The zero-order valence-corrected chi connectivity index (χ0v) is 14.5. The minimum absolute atomic E-state index is 0.135. The molecule has 0 fully saturated rings. The zero-order valence-electron chi connectivity index (χ0n) is 14.5. The van der Waals surface area contributed by atoms with Gasteiger partial charge in [0.15, 0.2) is 0 Å². The molecule has 0 bridgehead atoms. The number of hydroxylamine groups is 1. The van der Waals surface area contributed by atoms with Crippen LogP contribution in [-0.2, 0) is 16.0 Å². The van der Waals surface area contributed by atoms with Crippen molar-refractivity contribution in [1.29, 1.82) is 0 Å². The maximum absolute atomic E-state index is 11.5. The average Bonchev–Trinajstić information content (AvgIpc) is 2.61. The van der Waals surface area contributed by atoms with Crippen LogP contribution in [0.25, 0.3) is 11.1 Å². The number of benzene rings is 2. The third kappa shape index (κ3) is 5.16. The first-order valence-electron chi connectivity index (χ1n) is 8.32. The maximum Gasteiger partial charge on any atom is 0.244 e. The van der Waals surface area contributed by atoms with Crippen LogP contribution in [0.15, 0.2) is 48.5 Å². The lowest BCUT2D eigenvalue weighted by Gasteiger charge is -2.13. The van der Waals surface area contributed by atoms with E-state index < -0.39 is 17.7 Å². The second kappa shape index (κ2) is 8.44. The molecule has 0 unspecified atom stereocenters. The van der Waals surface area contributed by atoms with Crippen LogP contribution >= 0.6 is 0 Å². The van der Waals surface area contributed by atoms with Gasteiger partial charge in [0.1, 0.15) is 0 Å². The number of carbonyl (C=O) groups excluding carboxylic acids is 2. The second-order valence-corrected chi connectivity index (χ2v) is 6.52. The lowest BCUT2D eigenvalue weighted by molar-refractivity contribution is -0.133. The topological polar surface area (TPSA) is 92.4 Å². The number of rotatable bonds is 7. The van der Waals surface area contributed by atoms with Crippen LogP contribution in [0.1, 0.15) is 37.3 Å². The Kier molecular flexibility index (Phi) is 6.31. The third-order valence-corrected chi connectivity index (χ3v) is 4.28. The highest BCUT2D eigenvalue weighted by Crippen LogP contribution is 2.25. The molecule has 0 aliphatic heterocycles. The monoisotopic (exact) mass is 340 g/mol. The van der Waals surface area contributed by atoms with Gasteiger partial charge in [0, 0.05) is 6.42 Å². The molecule has 0 saturated carbocycles. The second-order valence-electron chi connectivity index (χ2n) is 6.52. The first-order chi connectivity index (χ1) is 11.9. The van der Waals surface area contributed by atoms with Crippen molar-refractivity contribution in [2.24, 2.45) is 11.7 Å². The summed E-state index contributed by atoms with van der Waals surface area (Å²) in [6.45, 7) is 4.32. The van der Waals surface area contributed by atoms with E-state index in [2.05, 4.69) is 38.1 Å². The summed E-state index contributed by atoms with van der Waals surface area (Å²) in [5, 5.41) is 8.60. The van der Waals surface area contributed by atoms with Gasteiger partial charge < -0.3 is 5.73 Å². The fourth-order valence-corrected chi connectivity index (χ4v) is 2.74. The van der Waals surface area contributed by atoms with Crippen molar-refractivity contribution in [3.8, 4) is 11.1 Å². The summed E-state index contributed by atoms with van der Waals surface area (Å²) >= 11 is 0. The van der Waals surface area contributed by atoms with Crippen molar-refractivity contribution >= 4 is 11.8 Å². The van der Waals surface area contributed by atoms with Crippen molar-refractivity contribution in [3.05, 3.63) is 59.7 Å². The van der Waals surface area contributed by atoms with Crippen LogP contribution in [0.2, 0.25) is 0 Å². The molecule has 2 amide bonds. The van der Waals surface area contributed by atoms with E-state index in [9.17, 15) is 9.59 Å². The van der Waals surface area contributed by atoms with Gasteiger partial charge in [0.25, 0.3) is 0 Å². The number of hydrogen-bond acceptors (Lipinski definition) is 3. The van der Waals surface area contributed by atoms with E-state index >= 15 is 0 Å². The molecule has 5 nitrogen and oxygen atoms in total.